The minimum Gasteiger partial charge on any atom is -0.368 e. The topological polar surface area (TPSA) is 73.1 Å². The van der Waals surface area contributed by atoms with E-state index in [0.717, 1.165) is 12.1 Å². The van der Waals surface area contributed by atoms with Gasteiger partial charge in [0.15, 0.2) is 5.82 Å². The monoisotopic (exact) mass is 266 g/mol. The van der Waals surface area contributed by atoms with Gasteiger partial charge in [0.25, 0.3) is 0 Å². The lowest BCUT2D eigenvalue weighted by Crippen LogP contribution is -2.30. The summed E-state index contributed by atoms with van der Waals surface area (Å²) in [6.07, 6.45) is 0.804. The van der Waals surface area contributed by atoms with Crippen molar-refractivity contribution >= 4 is 5.82 Å². The van der Waals surface area contributed by atoms with Crippen LogP contribution in [-0.4, -0.2) is 16.6 Å². The van der Waals surface area contributed by atoms with Gasteiger partial charge in [0.1, 0.15) is 11.4 Å². The molecule has 1 aromatic rings. The Labute approximate surface area is 115 Å². The zero-order valence-electron chi connectivity index (χ0n) is 12.9. The van der Waals surface area contributed by atoms with Crippen LogP contribution in [0.5, 0.6) is 0 Å². The zero-order valence-corrected chi connectivity index (χ0v) is 12.9. The number of aromatic nitrogens is 2. The molecule has 0 aliphatic carbocycles. The number of rotatable bonds is 5. The molecule has 0 aromatic carbocycles. The maximum atomic E-state index is 5.84. The Morgan fingerprint density at radius 2 is 1.84 bits per heavy atom. The molecule has 19 heavy (non-hydrogen) atoms. The molecule has 5 heteroatoms. The van der Waals surface area contributed by atoms with Crippen molar-refractivity contribution in [1.82, 2.24) is 9.97 Å². The van der Waals surface area contributed by atoms with E-state index in [2.05, 4.69) is 43.1 Å². The number of nitrogen functional groups attached to an aromatic ring is 1. The van der Waals surface area contributed by atoms with Crippen LogP contribution in [0.4, 0.5) is 5.82 Å². The highest BCUT2D eigenvalue weighted by molar-refractivity contribution is 5.37. The van der Waals surface area contributed by atoms with Gasteiger partial charge in [-0.15, -0.1) is 0 Å². The molecular formula is C14H26N4O. The Bertz CT molecular complexity index is 428. The molecule has 0 fully saturated rings. The van der Waals surface area contributed by atoms with Crippen LogP contribution in [0.1, 0.15) is 59.5 Å². The Hall–Kier alpha value is -1.20. The summed E-state index contributed by atoms with van der Waals surface area (Å²) in [5, 5.41) is 0. The van der Waals surface area contributed by atoms with Gasteiger partial charge in [0.2, 0.25) is 0 Å². The van der Waals surface area contributed by atoms with Crippen molar-refractivity contribution in [2.45, 2.75) is 59.0 Å². The lowest BCUT2D eigenvalue weighted by molar-refractivity contribution is -0.0391. The maximum absolute atomic E-state index is 5.84. The van der Waals surface area contributed by atoms with E-state index in [4.69, 9.17) is 10.6 Å². The summed E-state index contributed by atoms with van der Waals surface area (Å²) in [7, 11) is 0. The average molecular weight is 266 g/mol. The molecule has 0 bridgehead atoms. The smallest absolute Gasteiger partial charge is 0.162 e. The first-order valence-electron chi connectivity index (χ1n) is 6.77. The molecule has 1 heterocycles. The first kappa shape index (κ1) is 15.9. The molecule has 1 atom stereocenters. The predicted molar refractivity (Wildman–Crippen MR) is 77.8 cm³/mol. The second-order valence-corrected chi connectivity index (χ2v) is 5.87. The van der Waals surface area contributed by atoms with E-state index in [-0.39, 0.29) is 5.41 Å². The summed E-state index contributed by atoms with van der Waals surface area (Å²) in [6.45, 7) is 13.0. The van der Waals surface area contributed by atoms with Gasteiger partial charge in [-0.3, -0.25) is 0 Å². The van der Waals surface area contributed by atoms with E-state index in [0.29, 0.717) is 18.2 Å². The lowest BCUT2D eigenvalue weighted by Gasteiger charge is -2.28. The predicted octanol–water partition coefficient (Wildman–Crippen LogP) is 2.72. The van der Waals surface area contributed by atoms with Crippen molar-refractivity contribution in [3.05, 3.63) is 17.6 Å². The minimum absolute atomic E-state index is 0.0653. The second-order valence-electron chi connectivity index (χ2n) is 5.87. The van der Waals surface area contributed by atoms with E-state index in [1.807, 2.05) is 19.9 Å². The van der Waals surface area contributed by atoms with Crippen LogP contribution in [0, 0.1) is 0 Å². The third kappa shape index (κ3) is 3.64. The molecule has 0 aliphatic rings. The Morgan fingerprint density at radius 1 is 1.21 bits per heavy atom. The molecule has 1 unspecified atom stereocenters. The Balaban J connectivity index is 3.34. The van der Waals surface area contributed by atoms with E-state index in [1.54, 1.807) is 0 Å². The highest BCUT2D eigenvalue weighted by atomic mass is 16.5. The summed E-state index contributed by atoms with van der Waals surface area (Å²) in [4.78, 5) is 9.14. The lowest BCUT2D eigenvalue weighted by atomic mass is 9.91. The number of anilines is 1. The standard InChI is InChI=1S/C14H26N4O/c1-7-14(6,19-8-2)12-16-10(13(3,4)5)9-11(17-12)18-15/h9H,7-8,15H2,1-6H3,(H,16,17,18). The summed E-state index contributed by atoms with van der Waals surface area (Å²) in [5.74, 6) is 6.81. The quantitative estimate of drug-likeness (QED) is 0.633. The fraction of sp³-hybridized carbons (Fsp3) is 0.714. The number of nitrogens with two attached hydrogens (primary N) is 1. The number of nitrogens with zero attached hydrogens (tertiary/aromatic N) is 2. The van der Waals surface area contributed by atoms with Crippen molar-refractivity contribution < 1.29 is 4.74 Å². The number of ether oxygens (including phenoxy) is 1. The highest BCUT2D eigenvalue weighted by Crippen LogP contribution is 2.30. The summed E-state index contributed by atoms with van der Waals surface area (Å²) in [5.41, 5.74) is 3.01. The summed E-state index contributed by atoms with van der Waals surface area (Å²) < 4.78 is 5.84. The number of hydrazine groups is 1. The van der Waals surface area contributed by atoms with Crippen LogP contribution in [0.25, 0.3) is 0 Å². The van der Waals surface area contributed by atoms with Crippen LogP contribution < -0.4 is 11.3 Å². The van der Waals surface area contributed by atoms with Crippen molar-refractivity contribution in [3.63, 3.8) is 0 Å². The van der Waals surface area contributed by atoms with Crippen molar-refractivity contribution in [3.8, 4) is 0 Å². The Kier molecular flexibility index (Phi) is 4.87. The average Bonchev–Trinajstić information content (AvgIpc) is 2.37. The Morgan fingerprint density at radius 3 is 2.26 bits per heavy atom. The van der Waals surface area contributed by atoms with Gasteiger partial charge in [-0.25, -0.2) is 15.8 Å². The molecule has 1 rings (SSSR count). The van der Waals surface area contributed by atoms with Crippen LogP contribution in [0.15, 0.2) is 6.07 Å². The fourth-order valence-corrected chi connectivity index (χ4v) is 1.79. The van der Waals surface area contributed by atoms with Crippen LogP contribution in [-0.2, 0) is 15.8 Å². The maximum Gasteiger partial charge on any atom is 0.162 e. The van der Waals surface area contributed by atoms with Gasteiger partial charge in [0.05, 0.1) is 5.69 Å². The van der Waals surface area contributed by atoms with Gasteiger partial charge >= 0.3 is 0 Å². The van der Waals surface area contributed by atoms with Gasteiger partial charge in [-0.05, 0) is 20.3 Å². The molecule has 0 saturated carbocycles. The van der Waals surface area contributed by atoms with Crippen molar-refractivity contribution in [2.75, 3.05) is 12.0 Å². The molecule has 5 nitrogen and oxygen atoms in total. The van der Waals surface area contributed by atoms with Crippen LogP contribution >= 0.6 is 0 Å². The summed E-state index contributed by atoms with van der Waals surface area (Å²) in [6, 6.07) is 1.88. The molecule has 108 valence electrons. The van der Waals surface area contributed by atoms with E-state index in [1.165, 1.54) is 0 Å². The van der Waals surface area contributed by atoms with Crippen molar-refractivity contribution in [2.24, 2.45) is 5.84 Å². The third-order valence-corrected chi connectivity index (χ3v) is 3.25. The molecule has 0 radical (unpaired) electrons. The number of hydrogen-bond donors (Lipinski definition) is 2. The number of nitrogens with one attached hydrogen (secondary N) is 1. The first-order valence-corrected chi connectivity index (χ1v) is 6.77. The fourth-order valence-electron chi connectivity index (χ4n) is 1.79. The summed E-state index contributed by atoms with van der Waals surface area (Å²) >= 11 is 0. The molecular weight excluding hydrogens is 240 g/mol. The zero-order chi connectivity index (χ0) is 14.7. The number of hydrogen-bond acceptors (Lipinski definition) is 5. The third-order valence-electron chi connectivity index (χ3n) is 3.25. The van der Waals surface area contributed by atoms with E-state index in [9.17, 15) is 0 Å². The SMILES string of the molecule is CCOC(C)(CC)c1nc(NN)cc(C(C)(C)C)n1. The molecule has 0 aliphatic heterocycles. The molecule has 3 N–H and O–H groups in total. The van der Waals surface area contributed by atoms with Gasteiger partial charge in [-0.2, -0.15) is 0 Å². The van der Waals surface area contributed by atoms with Gasteiger partial charge < -0.3 is 10.2 Å². The first-order chi connectivity index (χ1) is 8.76. The van der Waals surface area contributed by atoms with E-state index < -0.39 is 5.60 Å². The normalized spacial score (nSPS) is 15.1. The highest BCUT2D eigenvalue weighted by Gasteiger charge is 2.30. The second kappa shape index (κ2) is 5.84. The minimum atomic E-state index is -0.485. The van der Waals surface area contributed by atoms with Gasteiger partial charge in [0, 0.05) is 18.1 Å². The molecule has 0 spiro atoms. The molecule has 0 saturated heterocycles. The van der Waals surface area contributed by atoms with Crippen LogP contribution in [0.2, 0.25) is 0 Å². The molecule has 0 amide bonds. The van der Waals surface area contributed by atoms with Crippen molar-refractivity contribution in [1.29, 1.82) is 0 Å². The van der Waals surface area contributed by atoms with E-state index >= 15 is 0 Å². The largest absolute Gasteiger partial charge is 0.368 e. The molecule has 1 aromatic heterocycles. The van der Waals surface area contributed by atoms with Gasteiger partial charge in [-0.1, -0.05) is 27.7 Å². The van der Waals surface area contributed by atoms with Crippen LogP contribution in [0.3, 0.4) is 0 Å².